The van der Waals surface area contributed by atoms with Gasteiger partial charge < -0.3 is 14.6 Å². The van der Waals surface area contributed by atoms with Crippen molar-refractivity contribution in [2.24, 2.45) is 0 Å². The van der Waals surface area contributed by atoms with Gasteiger partial charge in [-0.15, -0.1) is 0 Å². The maximum absolute atomic E-state index is 11.9. The number of carbonyl (C=O) groups excluding carboxylic acids is 1. The van der Waals surface area contributed by atoms with Crippen LogP contribution in [-0.4, -0.2) is 54.3 Å². The summed E-state index contributed by atoms with van der Waals surface area (Å²) in [6.07, 6.45) is 0.341. The molecule has 1 aromatic rings. The summed E-state index contributed by atoms with van der Waals surface area (Å²) in [5, 5.41) is 4.77. The molecule has 2 rings (SSSR count). The van der Waals surface area contributed by atoms with E-state index in [1.54, 1.807) is 4.57 Å². The predicted octanol–water partition coefficient (Wildman–Crippen LogP) is 0.445. The Morgan fingerprint density at radius 1 is 1.48 bits per heavy atom. The number of hydrogen-bond donors (Lipinski definition) is 1. The molecular weight excluding hydrogens is 290 g/mol. The van der Waals surface area contributed by atoms with E-state index in [1.165, 1.54) is 11.3 Å². The maximum Gasteiger partial charge on any atom is 0.307 e. The van der Waals surface area contributed by atoms with Crippen molar-refractivity contribution in [3.63, 3.8) is 0 Å². The second-order valence-electron chi connectivity index (χ2n) is 5.35. The second-order valence-corrected chi connectivity index (χ2v) is 6.17. The molecule has 0 spiro atoms. The summed E-state index contributed by atoms with van der Waals surface area (Å²) in [5.41, 5.74) is 0.916. The molecule has 0 aromatic carbocycles. The summed E-state index contributed by atoms with van der Waals surface area (Å²) in [6, 6.07) is 0.309. The van der Waals surface area contributed by atoms with Crippen LogP contribution in [0.4, 0.5) is 0 Å². The van der Waals surface area contributed by atoms with Crippen LogP contribution in [0.1, 0.15) is 19.0 Å². The largest absolute Gasteiger partial charge is 0.379 e. The molecule has 1 aliphatic heterocycles. The van der Waals surface area contributed by atoms with Gasteiger partial charge in [-0.05, 0) is 13.8 Å². The van der Waals surface area contributed by atoms with Gasteiger partial charge in [-0.2, -0.15) is 0 Å². The number of thiazole rings is 1. The molecule has 6 nitrogen and oxygen atoms in total. The van der Waals surface area contributed by atoms with Crippen LogP contribution in [0.5, 0.6) is 0 Å². The maximum atomic E-state index is 11.9. The molecule has 0 saturated carbocycles. The SMILES string of the molecule is Cc1csc(=O)n1CCC(=O)NC[C@@H](C)N1CCOCC1. The molecule has 1 aliphatic rings. The topological polar surface area (TPSA) is 63.6 Å². The van der Waals surface area contributed by atoms with E-state index in [4.69, 9.17) is 4.74 Å². The normalized spacial score (nSPS) is 17.6. The van der Waals surface area contributed by atoms with Crippen LogP contribution in [0.3, 0.4) is 0 Å². The molecule has 2 heterocycles. The number of hydrogen-bond acceptors (Lipinski definition) is 5. The summed E-state index contributed by atoms with van der Waals surface area (Å²) in [4.78, 5) is 25.8. The lowest BCUT2D eigenvalue weighted by Gasteiger charge is -2.32. The summed E-state index contributed by atoms with van der Waals surface area (Å²) in [7, 11) is 0. The fourth-order valence-electron chi connectivity index (χ4n) is 2.39. The third-order valence-electron chi connectivity index (χ3n) is 3.80. The van der Waals surface area contributed by atoms with Crippen molar-refractivity contribution in [1.29, 1.82) is 0 Å². The summed E-state index contributed by atoms with van der Waals surface area (Å²) in [5.74, 6) is -0.00684. The molecule has 118 valence electrons. The van der Waals surface area contributed by atoms with E-state index in [-0.39, 0.29) is 10.8 Å². The van der Waals surface area contributed by atoms with Gasteiger partial charge in [-0.1, -0.05) is 11.3 Å². The number of nitrogens with zero attached hydrogens (tertiary/aromatic N) is 2. The van der Waals surface area contributed by atoms with E-state index >= 15 is 0 Å². The summed E-state index contributed by atoms with van der Waals surface area (Å²) >= 11 is 1.18. The van der Waals surface area contributed by atoms with E-state index in [0.29, 0.717) is 25.6 Å². The van der Waals surface area contributed by atoms with Crippen molar-refractivity contribution in [1.82, 2.24) is 14.8 Å². The standard InChI is InChI=1S/C14H23N3O3S/c1-11(16-5-7-20-8-6-16)9-15-13(18)3-4-17-12(2)10-21-14(17)19/h10-11H,3-9H2,1-2H3,(H,15,18)/t11-/m1/s1. The molecule has 0 unspecified atom stereocenters. The molecular formula is C14H23N3O3S. The number of carbonyl (C=O) groups is 1. The molecule has 1 fully saturated rings. The predicted molar refractivity (Wildman–Crippen MR) is 82.8 cm³/mol. The van der Waals surface area contributed by atoms with E-state index < -0.39 is 0 Å². The molecule has 0 radical (unpaired) electrons. The number of morpholine rings is 1. The lowest BCUT2D eigenvalue weighted by Crippen LogP contribution is -2.47. The van der Waals surface area contributed by atoms with Crippen LogP contribution in [0, 0.1) is 6.92 Å². The van der Waals surface area contributed by atoms with Crippen LogP contribution in [-0.2, 0) is 16.1 Å². The average molecular weight is 313 g/mol. The van der Waals surface area contributed by atoms with E-state index in [0.717, 1.165) is 32.0 Å². The molecule has 1 N–H and O–H groups in total. The Hall–Kier alpha value is -1.18. The Bertz CT molecular complexity index is 520. The van der Waals surface area contributed by atoms with Crippen LogP contribution in [0.2, 0.25) is 0 Å². The third kappa shape index (κ3) is 4.66. The molecule has 7 heteroatoms. The Balaban J connectivity index is 1.71. The minimum Gasteiger partial charge on any atom is -0.379 e. The number of rotatable bonds is 6. The Morgan fingerprint density at radius 2 is 2.19 bits per heavy atom. The first-order valence-corrected chi connectivity index (χ1v) is 8.19. The molecule has 21 heavy (non-hydrogen) atoms. The van der Waals surface area contributed by atoms with Crippen molar-refractivity contribution in [3.8, 4) is 0 Å². The third-order valence-corrected chi connectivity index (χ3v) is 4.68. The van der Waals surface area contributed by atoms with Crippen molar-refractivity contribution >= 4 is 17.2 Å². The molecule has 1 amide bonds. The minimum atomic E-state index is -0.00684. The lowest BCUT2D eigenvalue weighted by atomic mass is 10.2. The first-order valence-electron chi connectivity index (χ1n) is 7.31. The van der Waals surface area contributed by atoms with Gasteiger partial charge in [0, 0.05) is 49.7 Å². The van der Waals surface area contributed by atoms with Crippen LogP contribution < -0.4 is 10.2 Å². The number of aromatic nitrogens is 1. The zero-order chi connectivity index (χ0) is 15.2. The first-order chi connectivity index (χ1) is 10.1. The first kappa shape index (κ1) is 16.2. The Labute approximate surface area is 128 Å². The van der Waals surface area contributed by atoms with Crippen LogP contribution in [0.25, 0.3) is 0 Å². The smallest absolute Gasteiger partial charge is 0.307 e. The summed E-state index contributed by atoms with van der Waals surface area (Å²) < 4.78 is 6.97. The molecule has 1 aromatic heterocycles. The lowest BCUT2D eigenvalue weighted by molar-refractivity contribution is -0.121. The van der Waals surface area contributed by atoms with Gasteiger partial charge in [0.05, 0.1) is 13.2 Å². The molecule has 1 saturated heterocycles. The number of ether oxygens (including phenoxy) is 1. The fourth-order valence-corrected chi connectivity index (χ4v) is 3.15. The highest BCUT2D eigenvalue weighted by molar-refractivity contribution is 7.07. The van der Waals surface area contributed by atoms with Crippen molar-refractivity contribution in [2.75, 3.05) is 32.8 Å². The zero-order valence-electron chi connectivity index (χ0n) is 12.6. The van der Waals surface area contributed by atoms with Gasteiger partial charge in [0.25, 0.3) is 0 Å². The molecule has 0 aliphatic carbocycles. The highest BCUT2D eigenvalue weighted by Crippen LogP contribution is 2.03. The van der Waals surface area contributed by atoms with E-state index in [1.807, 2.05) is 12.3 Å². The van der Waals surface area contributed by atoms with Crippen LogP contribution in [0.15, 0.2) is 10.2 Å². The van der Waals surface area contributed by atoms with Gasteiger partial charge in [-0.25, -0.2) is 0 Å². The van der Waals surface area contributed by atoms with Gasteiger partial charge in [0.15, 0.2) is 0 Å². The van der Waals surface area contributed by atoms with E-state index in [2.05, 4.69) is 17.1 Å². The monoisotopic (exact) mass is 313 g/mol. The van der Waals surface area contributed by atoms with Crippen molar-refractivity contribution < 1.29 is 9.53 Å². The quantitative estimate of drug-likeness (QED) is 0.828. The number of amides is 1. The van der Waals surface area contributed by atoms with Crippen LogP contribution >= 0.6 is 11.3 Å². The highest BCUT2D eigenvalue weighted by Gasteiger charge is 2.17. The van der Waals surface area contributed by atoms with Gasteiger partial charge >= 0.3 is 4.87 Å². The van der Waals surface area contributed by atoms with Crippen molar-refractivity contribution in [2.45, 2.75) is 32.9 Å². The van der Waals surface area contributed by atoms with Gasteiger partial charge in [0.2, 0.25) is 5.91 Å². The Morgan fingerprint density at radius 3 is 2.81 bits per heavy atom. The highest BCUT2D eigenvalue weighted by atomic mass is 32.1. The molecule has 0 bridgehead atoms. The second kappa shape index (κ2) is 7.72. The minimum absolute atomic E-state index is 0.00184. The number of aryl methyl sites for hydroxylation is 1. The fraction of sp³-hybridized carbons (Fsp3) is 0.714. The van der Waals surface area contributed by atoms with Crippen molar-refractivity contribution in [3.05, 3.63) is 20.7 Å². The molecule has 1 atom stereocenters. The zero-order valence-corrected chi connectivity index (χ0v) is 13.4. The average Bonchev–Trinajstić information content (AvgIpc) is 2.82. The van der Waals surface area contributed by atoms with Gasteiger partial charge in [-0.3, -0.25) is 14.5 Å². The van der Waals surface area contributed by atoms with E-state index in [9.17, 15) is 9.59 Å². The summed E-state index contributed by atoms with van der Waals surface area (Å²) in [6.45, 7) is 8.44. The van der Waals surface area contributed by atoms with Gasteiger partial charge in [0.1, 0.15) is 0 Å². The Kier molecular flexibility index (Phi) is 5.96. The number of nitrogens with one attached hydrogen (secondary N) is 1.